The number of rotatable bonds is 2. The highest BCUT2D eigenvalue weighted by atomic mass is 32.2. The van der Waals surface area contributed by atoms with E-state index < -0.39 is 33.8 Å². The first-order chi connectivity index (χ1) is 8.62. The second kappa shape index (κ2) is 4.29. The topological polar surface area (TPSA) is 86.7 Å². The number of halogens is 3. The van der Waals surface area contributed by atoms with Crippen LogP contribution in [0, 0.1) is 0 Å². The van der Waals surface area contributed by atoms with Crippen LogP contribution >= 0.6 is 0 Å². The summed E-state index contributed by atoms with van der Waals surface area (Å²) < 4.78 is 62.1. The quantitative estimate of drug-likeness (QED) is 0.541. The van der Waals surface area contributed by atoms with Crippen LogP contribution in [0.2, 0.25) is 0 Å². The molecule has 1 amide bonds. The zero-order valence-electron chi connectivity index (χ0n) is 9.38. The van der Waals surface area contributed by atoms with Gasteiger partial charge in [0, 0.05) is 12.5 Å². The summed E-state index contributed by atoms with van der Waals surface area (Å²) in [6.45, 7) is 0. The van der Waals surface area contributed by atoms with Gasteiger partial charge in [-0.05, 0) is 18.9 Å². The minimum Gasteiger partial charge on any atom is -0.530 e. The molecule has 0 spiro atoms. The van der Waals surface area contributed by atoms with E-state index in [0.717, 1.165) is 11.0 Å². The molecule has 1 saturated heterocycles. The molecule has 19 heavy (non-hydrogen) atoms. The highest BCUT2D eigenvalue weighted by molar-refractivity contribution is 7.87. The Morgan fingerprint density at radius 3 is 2.53 bits per heavy atom. The van der Waals surface area contributed by atoms with Gasteiger partial charge >= 0.3 is 15.6 Å². The van der Waals surface area contributed by atoms with Crippen molar-refractivity contribution in [2.24, 2.45) is 0 Å². The van der Waals surface area contributed by atoms with E-state index in [2.05, 4.69) is 4.18 Å². The number of amides is 1. The fourth-order valence-corrected chi connectivity index (χ4v) is 2.83. The lowest BCUT2D eigenvalue weighted by atomic mass is 10.1. The summed E-state index contributed by atoms with van der Waals surface area (Å²) in [6.07, 6.45) is 0.273. The molecule has 6 nitrogen and oxygen atoms in total. The first-order valence-electron chi connectivity index (χ1n) is 5.32. The molecule has 0 saturated carbocycles. The number of carbonyl (C=O) groups is 1. The average molecular weight is 300 g/mol. The van der Waals surface area contributed by atoms with E-state index >= 15 is 0 Å². The van der Waals surface area contributed by atoms with Crippen LogP contribution in [-0.2, 0) is 14.3 Å². The molecule has 2 unspecified atom stereocenters. The van der Waals surface area contributed by atoms with Crippen molar-refractivity contribution in [3.8, 4) is 0 Å². The van der Waals surface area contributed by atoms with E-state index in [1.807, 2.05) is 0 Å². The minimum atomic E-state index is -5.70. The molecule has 2 atom stereocenters. The molecule has 2 aliphatic heterocycles. The van der Waals surface area contributed by atoms with Gasteiger partial charge in [-0.2, -0.15) is 21.6 Å². The molecular formula is C9H9F3NO5S-. The zero-order chi connectivity index (χ0) is 14.4. The molecule has 2 heterocycles. The van der Waals surface area contributed by atoms with Gasteiger partial charge in [-0.25, -0.2) is 0 Å². The van der Waals surface area contributed by atoms with Crippen LogP contribution in [0.4, 0.5) is 18.0 Å². The van der Waals surface area contributed by atoms with Crippen LogP contribution in [0.25, 0.3) is 0 Å². The molecular weight excluding hydrogens is 291 g/mol. The van der Waals surface area contributed by atoms with Crippen molar-refractivity contribution in [3.63, 3.8) is 0 Å². The third-order valence-corrected chi connectivity index (χ3v) is 4.07. The molecule has 108 valence electrons. The molecule has 0 aliphatic carbocycles. The molecule has 0 aromatic carbocycles. The lowest BCUT2D eigenvalue weighted by Crippen LogP contribution is -2.49. The summed E-state index contributed by atoms with van der Waals surface area (Å²) in [5.41, 5.74) is -5.50. The van der Waals surface area contributed by atoms with Gasteiger partial charge in [0.25, 0.3) is 0 Å². The molecule has 2 bridgehead atoms. The zero-order valence-corrected chi connectivity index (χ0v) is 10.2. The Kier molecular flexibility index (Phi) is 3.15. The Morgan fingerprint density at radius 1 is 1.42 bits per heavy atom. The van der Waals surface area contributed by atoms with Crippen LogP contribution < -0.4 is 5.11 Å². The lowest BCUT2D eigenvalue weighted by Gasteiger charge is -2.35. The van der Waals surface area contributed by atoms with Crippen molar-refractivity contribution in [3.05, 3.63) is 11.8 Å². The predicted molar refractivity (Wildman–Crippen MR) is 52.8 cm³/mol. The second-order valence-electron chi connectivity index (χ2n) is 4.29. The molecule has 10 heteroatoms. The fraction of sp³-hybridized carbons (Fsp3) is 0.667. The molecule has 2 aliphatic rings. The van der Waals surface area contributed by atoms with E-state index in [1.165, 1.54) is 0 Å². The number of nitrogens with zero attached hydrogens (tertiary/aromatic N) is 1. The average Bonchev–Trinajstić information content (AvgIpc) is 2.49. The monoisotopic (exact) mass is 300 g/mol. The Morgan fingerprint density at radius 2 is 2.05 bits per heavy atom. The Hall–Kier alpha value is -1.45. The Bertz CT molecular complexity index is 526. The van der Waals surface area contributed by atoms with E-state index in [4.69, 9.17) is 0 Å². The summed E-state index contributed by atoms with van der Waals surface area (Å²) in [7, 11) is -5.70. The summed E-state index contributed by atoms with van der Waals surface area (Å²) in [4.78, 5) is 11.8. The molecule has 0 aromatic rings. The second-order valence-corrected chi connectivity index (χ2v) is 5.83. The maximum absolute atomic E-state index is 12.1. The van der Waals surface area contributed by atoms with Crippen molar-refractivity contribution in [2.75, 3.05) is 0 Å². The number of hydrogen-bond donors (Lipinski definition) is 0. The van der Waals surface area contributed by atoms with E-state index in [0.29, 0.717) is 12.8 Å². The van der Waals surface area contributed by atoms with Crippen molar-refractivity contribution in [1.82, 2.24) is 4.90 Å². The number of carbonyl (C=O) groups excluding carboxylic acids is 1. The number of alkyl halides is 3. The van der Waals surface area contributed by atoms with Gasteiger partial charge in [0.2, 0.25) is 0 Å². The minimum absolute atomic E-state index is 0.209. The molecule has 0 aromatic heterocycles. The van der Waals surface area contributed by atoms with Gasteiger partial charge in [0.05, 0.1) is 6.04 Å². The maximum Gasteiger partial charge on any atom is 0.534 e. The molecule has 0 N–H and O–H groups in total. The van der Waals surface area contributed by atoms with Crippen LogP contribution in [0.1, 0.15) is 19.3 Å². The smallest absolute Gasteiger partial charge is 0.530 e. The molecule has 1 fully saturated rings. The normalized spacial score (nSPS) is 27.1. The Labute approximate surface area is 106 Å². The van der Waals surface area contributed by atoms with E-state index in [-0.39, 0.29) is 12.2 Å². The van der Waals surface area contributed by atoms with Gasteiger partial charge in [0.15, 0.2) is 0 Å². The van der Waals surface area contributed by atoms with Crippen molar-refractivity contribution >= 4 is 16.2 Å². The molecule has 2 rings (SSSR count). The lowest BCUT2D eigenvalue weighted by molar-refractivity contribution is -0.268. The first-order valence-corrected chi connectivity index (χ1v) is 6.73. The van der Waals surface area contributed by atoms with Crippen molar-refractivity contribution < 1.29 is 35.7 Å². The van der Waals surface area contributed by atoms with Gasteiger partial charge in [0.1, 0.15) is 11.9 Å². The molecule has 0 radical (unpaired) electrons. The van der Waals surface area contributed by atoms with E-state index in [1.54, 1.807) is 0 Å². The highest BCUT2D eigenvalue weighted by Gasteiger charge is 2.50. The van der Waals surface area contributed by atoms with Crippen LogP contribution in [0.3, 0.4) is 0 Å². The fourth-order valence-electron chi connectivity index (χ4n) is 2.33. The van der Waals surface area contributed by atoms with Gasteiger partial charge in [-0.3, -0.25) is 0 Å². The third kappa shape index (κ3) is 2.48. The maximum atomic E-state index is 12.1. The van der Waals surface area contributed by atoms with E-state index in [9.17, 15) is 31.5 Å². The standard InChI is InChI=1S/C9H10F3NO5S/c10-9(11,12)19(16,17)18-7-3-5-1-2-6(4-7)13(5)8(14)15/h3,5-6H,1-2,4H2,(H,14,15)/p-1. The number of hydrogen-bond acceptors (Lipinski definition) is 5. The largest absolute Gasteiger partial charge is 0.534 e. The summed E-state index contributed by atoms with van der Waals surface area (Å²) in [6, 6.07) is -1.29. The van der Waals surface area contributed by atoms with Gasteiger partial charge < -0.3 is 19.0 Å². The summed E-state index contributed by atoms with van der Waals surface area (Å²) in [5.74, 6) is -0.373. The Balaban J connectivity index is 2.18. The number of fused-ring (bicyclic) bond motifs is 2. The van der Waals surface area contributed by atoms with Crippen LogP contribution in [-0.4, -0.2) is 37.0 Å². The third-order valence-electron chi connectivity index (χ3n) is 3.07. The SMILES string of the molecule is O=C([O-])N1C2C=C(OS(=O)(=O)C(F)(F)F)CC1CC2. The van der Waals surface area contributed by atoms with Crippen LogP contribution in [0.15, 0.2) is 11.8 Å². The van der Waals surface area contributed by atoms with Gasteiger partial charge in [-0.15, -0.1) is 0 Å². The summed E-state index contributed by atoms with van der Waals surface area (Å²) in [5, 5.41) is 10.8. The van der Waals surface area contributed by atoms with Crippen LogP contribution in [0.5, 0.6) is 0 Å². The van der Waals surface area contributed by atoms with Crippen molar-refractivity contribution in [1.29, 1.82) is 0 Å². The van der Waals surface area contributed by atoms with Crippen molar-refractivity contribution in [2.45, 2.75) is 36.9 Å². The highest BCUT2D eigenvalue weighted by Crippen LogP contribution is 2.37. The number of carboxylic acid groups (broad SMARTS) is 1. The predicted octanol–water partition coefficient (Wildman–Crippen LogP) is 0.317. The summed E-state index contributed by atoms with van der Waals surface area (Å²) >= 11 is 0. The first kappa shape index (κ1) is 14.0. The van der Waals surface area contributed by atoms with Gasteiger partial charge in [-0.1, -0.05) is 0 Å².